The minimum atomic E-state index is -2.02. The lowest BCUT2D eigenvalue weighted by Gasteiger charge is -2.22. The summed E-state index contributed by atoms with van der Waals surface area (Å²) >= 11 is 0. The van der Waals surface area contributed by atoms with E-state index < -0.39 is 17.5 Å². The van der Waals surface area contributed by atoms with E-state index in [0.717, 1.165) is 23.8 Å². The van der Waals surface area contributed by atoms with Gasteiger partial charge in [0.05, 0.1) is 13.7 Å². The van der Waals surface area contributed by atoms with Gasteiger partial charge < -0.3 is 14.6 Å². The molecular weight excluding hydrogens is 296 g/mol. The van der Waals surface area contributed by atoms with Crippen molar-refractivity contribution in [1.82, 2.24) is 0 Å². The molecule has 0 aliphatic heterocycles. The van der Waals surface area contributed by atoms with E-state index in [1.807, 2.05) is 54.6 Å². The second kappa shape index (κ2) is 7.07. The lowest BCUT2D eigenvalue weighted by Crippen LogP contribution is -2.47. The van der Waals surface area contributed by atoms with Gasteiger partial charge in [-0.15, -0.1) is 0 Å². The molecule has 1 atom stereocenters. The first-order valence-electron chi connectivity index (χ1n) is 7.07. The van der Waals surface area contributed by atoms with E-state index in [1.165, 1.54) is 6.92 Å². The molecule has 2 rings (SSSR count). The number of rotatable bonds is 6. The van der Waals surface area contributed by atoms with Crippen molar-refractivity contribution in [2.24, 2.45) is 0 Å². The Labute approximate surface area is 134 Å². The molecule has 120 valence electrons. The summed E-state index contributed by atoms with van der Waals surface area (Å²) in [5.41, 5.74) is 0.876. The van der Waals surface area contributed by atoms with Crippen LogP contribution in [0.5, 0.6) is 0 Å². The predicted octanol–water partition coefficient (Wildman–Crippen LogP) is 2.89. The summed E-state index contributed by atoms with van der Waals surface area (Å²) in [6.45, 7) is 1.17. The van der Waals surface area contributed by atoms with Crippen LogP contribution >= 0.6 is 0 Å². The zero-order chi connectivity index (χ0) is 16.9. The van der Waals surface area contributed by atoms with Crippen molar-refractivity contribution in [3.63, 3.8) is 0 Å². The molecule has 5 heteroatoms. The maximum absolute atomic E-state index is 11.6. The minimum absolute atomic E-state index is 0.00697. The van der Waals surface area contributed by atoms with Crippen LogP contribution in [0, 0.1) is 0 Å². The highest BCUT2D eigenvalue weighted by molar-refractivity contribution is 6.02. The fourth-order valence-corrected chi connectivity index (χ4v) is 2.05. The first-order valence-corrected chi connectivity index (χ1v) is 7.07. The van der Waals surface area contributed by atoms with Gasteiger partial charge in [0.25, 0.3) is 5.60 Å². The van der Waals surface area contributed by atoms with Crippen molar-refractivity contribution in [1.29, 1.82) is 0 Å². The van der Waals surface area contributed by atoms with Gasteiger partial charge in [-0.25, -0.2) is 9.59 Å². The van der Waals surface area contributed by atoms with Crippen LogP contribution in [0.15, 0.2) is 54.6 Å². The van der Waals surface area contributed by atoms with Crippen LogP contribution in [0.4, 0.5) is 0 Å². The molecule has 23 heavy (non-hydrogen) atoms. The Morgan fingerprint density at radius 3 is 2.09 bits per heavy atom. The van der Waals surface area contributed by atoms with Gasteiger partial charge in [0.15, 0.2) is 0 Å². The van der Waals surface area contributed by atoms with E-state index in [9.17, 15) is 14.7 Å². The zero-order valence-electron chi connectivity index (χ0n) is 13.0. The van der Waals surface area contributed by atoms with Gasteiger partial charge in [-0.1, -0.05) is 54.6 Å². The molecule has 0 aliphatic carbocycles. The predicted molar refractivity (Wildman–Crippen MR) is 84.7 cm³/mol. The molecule has 1 N–H and O–H groups in total. The molecular formula is C18H18O5. The zero-order valence-corrected chi connectivity index (χ0v) is 13.0. The third kappa shape index (κ3) is 3.76. The Morgan fingerprint density at radius 2 is 1.57 bits per heavy atom. The first-order chi connectivity index (χ1) is 11.0. The Balaban J connectivity index is 2.09. The highest BCUT2D eigenvalue weighted by Gasteiger charge is 2.44. The fourth-order valence-electron chi connectivity index (χ4n) is 2.05. The summed E-state index contributed by atoms with van der Waals surface area (Å²) in [5, 5.41) is 9.18. The smallest absolute Gasteiger partial charge is 0.349 e. The first kappa shape index (κ1) is 16.7. The molecule has 0 aromatic heterocycles. The second-order valence-corrected chi connectivity index (χ2v) is 5.18. The molecule has 0 saturated heterocycles. The van der Waals surface area contributed by atoms with Gasteiger partial charge in [0.1, 0.15) is 0 Å². The third-order valence-electron chi connectivity index (χ3n) is 3.57. The van der Waals surface area contributed by atoms with Crippen molar-refractivity contribution >= 4 is 11.9 Å². The number of carbonyl (C=O) groups is 2. The molecule has 0 spiro atoms. The number of hydrogen-bond donors (Lipinski definition) is 1. The van der Waals surface area contributed by atoms with Gasteiger partial charge in [0.2, 0.25) is 0 Å². The molecule has 0 fully saturated rings. The number of carboxylic acids is 1. The number of benzene rings is 2. The summed E-state index contributed by atoms with van der Waals surface area (Å²) in [6.07, 6.45) is 0. The van der Waals surface area contributed by atoms with Crippen LogP contribution < -0.4 is 0 Å². The van der Waals surface area contributed by atoms with Gasteiger partial charge in [-0.3, -0.25) is 0 Å². The Morgan fingerprint density at radius 1 is 1.00 bits per heavy atom. The lowest BCUT2D eigenvalue weighted by molar-refractivity contribution is -0.184. The number of aliphatic carboxylic acids is 1. The van der Waals surface area contributed by atoms with Crippen LogP contribution in [0.1, 0.15) is 12.5 Å². The fraction of sp³-hybridized carbons (Fsp3) is 0.222. The van der Waals surface area contributed by atoms with E-state index in [4.69, 9.17) is 4.74 Å². The summed E-state index contributed by atoms with van der Waals surface area (Å²) in [7, 11) is 1.13. The molecule has 5 nitrogen and oxygen atoms in total. The molecule has 0 heterocycles. The van der Waals surface area contributed by atoms with E-state index in [2.05, 4.69) is 4.74 Å². The number of hydrogen-bond acceptors (Lipinski definition) is 4. The molecule has 0 aliphatic rings. The lowest BCUT2D eigenvalue weighted by atomic mass is 10.0. The SMILES string of the molecule is COC(=O)C(C)(OCc1ccc(-c2ccccc2)cc1)C(=O)O. The minimum Gasteiger partial charge on any atom is -0.479 e. The van der Waals surface area contributed by atoms with Crippen molar-refractivity contribution in [2.45, 2.75) is 19.1 Å². The third-order valence-corrected chi connectivity index (χ3v) is 3.57. The van der Waals surface area contributed by atoms with Crippen molar-refractivity contribution < 1.29 is 24.2 Å². The maximum Gasteiger partial charge on any atom is 0.349 e. The highest BCUT2D eigenvalue weighted by atomic mass is 16.6. The highest BCUT2D eigenvalue weighted by Crippen LogP contribution is 2.21. The Kier molecular flexibility index (Phi) is 5.13. The molecule has 0 bridgehead atoms. The molecule has 1 unspecified atom stereocenters. The second-order valence-electron chi connectivity index (χ2n) is 5.18. The van der Waals surface area contributed by atoms with Gasteiger partial charge >= 0.3 is 11.9 Å². The van der Waals surface area contributed by atoms with Crippen LogP contribution in [0.2, 0.25) is 0 Å². The summed E-state index contributed by atoms with van der Waals surface area (Å²) in [5.74, 6) is -2.32. The van der Waals surface area contributed by atoms with Gasteiger partial charge in [-0.05, 0) is 23.6 Å². The number of ether oxygens (including phenoxy) is 2. The molecule has 0 saturated carbocycles. The van der Waals surface area contributed by atoms with Crippen LogP contribution in [0.3, 0.4) is 0 Å². The number of carboxylic acid groups (broad SMARTS) is 1. The standard InChI is InChI=1S/C18H18O5/c1-18(16(19)20,17(21)22-2)23-12-13-8-10-15(11-9-13)14-6-4-3-5-7-14/h3-11H,12H2,1-2H3,(H,19,20). The average Bonchev–Trinajstić information content (AvgIpc) is 2.60. The number of methoxy groups -OCH3 is 1. The molecule has 2 aromatic rings. The van der Waals surface area contributed by atoms with Gasteiger partial charge in [-0.2, -0.15) is 0 Å². The Bertz CT molecular complexity index is 678. The van der Waals surface area contributed by atoms with E-state index >= 15 is 0 Å². The summed E-state index contributed by atoms with van der Waals surface area (Å²) in [6, 6.07) is 17.4. The topological polar surface area (TPSA) is 72.8 Å². The molecule has 2 aromatic carbocycles. The van der Waals surface area contributed by atoms with Crippen LogP contribution in [-0.4, -0.2) is 29.8 Å². The van der Waals surface area contributed by atoms with Crippen molar-refractivity contribution in [3.05, 3.63) is 60.2 Å². The van der Waals surface area contributed by atoms with Crippen LogP contribution in [-0.2, 0) is 25.7 Å². The maximum atomic E-state index is 11.6. The number of esters is 1. The van der Waals surface area contributed by atoms with Gasteiger partial charge in [0, 0.05) is 0 Å². The summed E-state index contributed by atoms with van der Waals surface area (Å²) < 4.78 is 9.80. The summed E-state index contributed by atoms with van der Waals surface area (Å²) in [4.78, 5) is 22.9. The van der Waals surface area contributed by atoms with Crippen LogP contribution in [0.25, 0.3) is 11.1 Å². The largest absolute Gasteiger partial charge is 0.479 e. The van der Waals surface area contributed by atoms with Crippen molar-refractivity contribution in [2.75, 3.05) is 7.11 Å². The monoisotopic (exact) mass is 314 g/mol. The van der Waals surface area contributed by atoms with E-state index in [-0.39, 0.29) is 6.61 Å². The number of carbonyl (C=O) groups excluding carboxylic acids is 1. The quantitative estimate of drug-likeness (QED) is 0.655. The molecule has 0 radical (unpaired) electrons. The normalized spacial score (nSPS) is 13.1. The van der Waals surface area contributed by atoms with E-state index in [0.29, 0.717) is 0 Å². The molecule has 0 amide bonds. The van der Waals surface area contributed by atoms with Crippen molar-refractivity contribution in [3.8, 4) is 11.1 Å². The Hall–Kier alpha value is -2.66. The van der Waals surface area contributed by atoms with E-state index in [1.54, 1.807) is 0 Å². The average molecular weight is 314 g/mol.